The van der Waals surface area contributed by atoms with Gasteiger partial charge in [-0.25, -0.2) is 4.79 Å². The summed E-state index contributed by atoms with van der Waals surface area (Å²) in [7, 11) is 0. The Kier molecular flexibility index (Phi) is 3.78. The second-order valence-corrected chi connectivity index (χ2v) is 4.52. The molecule has 0 fully saturated rings. The first-order valence-electron chi connectivity index (χ1n) is 5.23. The normalized spacial score (nSPS) is 11.1. The van der Waals surface area contributed by atoms with E-state index in [2.05, 4.69) is 4.98 Å². The maximum atomic E-state index is 11.3. The molecule has 0 saturated carbocycles. The highest BCUT2D eigenvalue weighted by Gasteiger charge is 2.04. The fourth-order valence-corrected chi connectivity index (χ4v) is 2.01. The minimum Gasteiger partial charge on any atom is -0.393 e. The van der Waals surface area contributed by atoms with Crippen LogP contribution >= 0.6 is 23.2 Å². The van der Waals surface area contributed by atoms with Gasteiger partial charge < -0.3 is 10.7 Å². The molecule has 1 aromatic carbocycles. The molecule has 0 saturated heterocycles. The molecule has 4 N–H and O–H groups in total. The number of hydrogen-bond acceptors (Lipinski definition) is 3. The molecule has 0 bridgehead atoms. The smallest absolute Gasteiger partial charge is 0.326 e. The van der Waals surface area contributed by atoms with Gasteiger partial charge in [0.05, 0.1) is 5.69 Å². The predicted molar refractivity (Wildman–Crippen MR) is 77.5 cm³/mol. The van der Waals surface area contributed by atoms with Crippen LogP contribution in [0.4, 0.5) is 5.69 Å². The van der Waals surface area contributed by atoms with Gasteiger partial charge >= 0.3 is 5.69 Å². The van der Waals surface area contributed by atoms with Crippen molar-refractivity contribution in [3.05, 3.63) is 60.3 Å². The topological polar surface area (TPSA) is 91.7 Å². The Morgan fingerprint density at radius 3 is 2.32 bits per heavy atom. The summed E-state index contributed by atoms with van der Waals surface area (Å²) in [5, 5.41) is 0.906. The lowest BCUT2D eigenvalue weighted by molar-refractivity contribution is 1.03. The molecule has 0 aliphatic rings. The molecule has 0 spiro atoms. The minimum atomic E-state index is -0.645. The number of anilines is 1. The third-order valence-electron chi connectivity index (χ3n) is 2.43. The molecule has 0 amide bonds. The predicted octanol–water partition coefficient (Wildman–Crippen LogP) is 2.12. The van der Waals surface area contributed by atoms with Crippen molar-refractivity contribution in [2.24, 2.45) is 0 Å². The van der Waals surface area contributed by atoms with Crippen LogP contribution in [0.15, 0.2) is 27.8 Å². The summed E-state index contributed by atoms with van der Waals surface area (Å²) in [5.74, 6) is 0. The van der Waals surface area contributed by atoms with Crippen molar-refractivity contribution in [3.63, 3.8) is 0 Å². The summed E-state index contributed by atoms with van der Waals surface area (Å²) in [6, 6.07) is 5.07. The first-order valence-corrected chi connectivity index (χ1v) is 5.99. The maximum Gasteiger partial charge on any atom is 0.326 e. The Labute approximate surface area is 117 Å². The Morgan fingerprint density at radius 2 is 1.68 bits per heavy atom. The zero-order valence-corrected chi connectivity index (χ0v) is 11.0. The Hall–Kier alpha value is -1.98. The van der Waals surface area contributed by atoms with Gasteiger partial charge in [0.25, 0.3) is 5.56 Å². The van der Waals surface area contributed by atoms with E-state index >= 15 is 0 Å². The lowest BCUT2D eigenvalue weighted by atomic mass is 10.2. The van der Waals surface area contributed by atoms with E-state index < -0.39 is 11.2 Å². The monoisotopic (exact) mass is 297 g/mol. The molecule has 0 unspecified atom stereocenters. The van der Waals surface area contributed by atoms with Crippen LogP contribution in [0.2, 0.25) is 10.0 Å². The molecule has 7 heteroatoms. The van der Waals surface area contributed by atoms with Gasteiger partial charge in [-0.1, -0.05) is 29.3 Å². The quantitative estimate of drug-likeness (QED) is 0.793. The van der Waals surface area contributed by atoms with Gasteiger partial charge in [-0.15, -0.1) is 0 Å². The number of aromatic amines is 2. The second kappa shape index (κ2) is 5.34. The molecule has 98 valence electrons. The fraction of sp³-hybridized carbons (Fsp3) is 0. The van der Waals surface area contributed by atoms with Crippen molar-refractivity contribution in [2.45, 2.75) is 0 Å². The number of nitrogens with two attached hydrogens (primary N) is 1. The highest BCUT2D eigenvalue weighted by atomic mass is 35.5. The van der Waals surface area contributed by atoms with Crippen LogP contribution < -0.4 is 17.0 Å². The van der Waals surface area contributed by atoms with E-state index in [1.807, 2.05) is 4.98 Å². The first kappa shape index (κ1) is 13.5. The third kappa shape index (κ3) is 2.89. The second-order valence-electron chi connectivity index (χ2n) is 3.70. The van der Waals surface area contributed by atoms with E-state index in [4.69, 9.17) is 28.9 Å². The summed E-state index contributed by atoms with van der Waals surface area (Å²) in [4.78, 5) is 26.9. The van der Waals surface area contributed by atoms with E-state index in [1.54, 1.807) is 24.3 Å². The molecule has 1 aromatic heterocycles. The molecule has 0 aliphatic carbocycles. The van der Waals surface area contributed by atoms with E-state index in [1.165, 1.54) is 6.08 Å². The van der Waals surface area contributed by atoms with Crippen LogP contribution in [-0.2, 0) is 0 Å². The molecule has 0 aliphatic heterocycles. The summed E-state index contributed by atoms with van der Waals surface area (Å²) < 4.78 is 0. The standard InChI is InChI=1S/C12H9Cl2N3O2/c13-7-2-1-3-8(14)6(7)4-5-9-10(15)11(18)17-12(19)16-9/h1-5H,15H2,(H2,16,17,18,19)/b5-4+. The summed E-state index contributed by atoms with van der Waals surface area (Å²) in [5.41, 5.74) is 4.97. The summed E-state index contributed by atoms with van der Waals surface area (Å²) >= 11 is 12.0. The van der Waals surface area contributed by atoms with E-state index in [9.17, 15) is 9.59 Å². The Morgan fingerprint density at radius 1 is 1.05 bits per heavy atom. The fourth-order valence-electron chi connectivity index (χ4n) is 1.48. The average molecular weight is 298 g/mol. The SMILES string of the molecule is Nc1c(/C=C/c2c(Cl)cccc2Cl)[nH]c(=O)[nH]c1=O. The molecule has 2 aromatic rings. The molecule has 0 radical (unpaired) electrons. The van der Waals surface area contributed by atoms with E-state index in [0.29, 0.717) is 15.6 Å². The van der Waals surface area contributed by atoms with Crippen LogP contribution in [0.5, 0.6) is 0 Å². The van der Waals surface area contributed by atoms with Gasteiger partial charge in [0, 0.05) is 15.6 Å². The molecule has 19 heavy (non-hydrogen) atoms. The molecular formula is C12H9Cl2N3O2. The van der Waals surface area contributed by atoms with E-state index in [0.717, 1.165) is 0 Å². The molecular weight excluding hydrogens is 289 g/mol. The maximum absolute atomic E-state index is 11.3. The first-order chi connectivity index (χ1) is 8.99. The number of nitrogen functional groups attached to an aromatic ring is 1. The van der Waals surface area contributed by atoms with Crippen molar-refractivity contribution >= 4 is 41.0 Å². The Bertz CT molecular complexity index is 742. The van der Waals surface area contributed by atoms with Crippen molar-refractivity contribution in [3.8, 4) is 0 Å². The minimum absolute atomic E-state index is 0.0842. The average Bonchev–Trinajstić information content (AvgIpc) is 2.34. The number of aromatic nitrogens is 2. The summed E-state index contributed by atoms with van der Waals surface area (Å²) in [6.07, 6.45) is 3.05. The van der Waals surface area contributed by atoms with Crippen LogP contribution in [-0.4, -0.2) is 9.97 Å². The highest BCUT2D eigenvalue weighted by Crippen LogP contribution is 2.26. The largest absolute Gasteiger partial charge is 0.393 e. The number of hydrogen-bond donors (Lipinski definition) is 3. The Balaban J connectivity index is 2.50. The molecule has 0 atom stereocenters. The zero-order valence-electron chi connectivity index (χ0n) is 9.54. The van der Waals surface area contributed by atoms with Crippen molar-refractivity contribution < 1.29 is 0 Å². The van der Waals surface area contributed by atoms with Gasteiger partial charge in [0.15, 0.2) is 0 Å². The van der Waals surface area contributed by atoms with Crippen LogP contribution in [0.3, 0.4) is 0 Å². The number of halogens is 2. The van der Waals surface area contributed by atoms with Gasteiger partial charge in [0.1, 0.15) is 5.69 Å². The third-order valence-corrected chi connectivity index (χ3v) is 3.09. The van der Waals surface area contributed by atoms with Crippen LogP contribution in [0.1, 0.15) is 11.3 Å². The van der Waals surface area contributed by atoms with Crippen molar-refractivity contribution in [1.29, 1.82) is 0 Å². The number of nitrogens with one attached hydrogen (secondary N) is 2. The van der Waals surface area contributed by atoms with Crippen molar-refractivity contribution in [2.75, 3.05) is 5.73 Å². The zero-order chi connectivity index (χ0) is 14.0. The molecule has 1 heterocycles. The van der Waals surface area contributed by atoms with Gasteiger partial charge in [-0.3, -0.25) is 9.78 Å². The van der Waals surface area contributed by atoms with Crippen LogP contribution in [0, 0.1) is 0 Å². The van der Waals surface area contributed by atoms with Gasteiger partial charge in [-0.2, -0.15) is 0 Å². The van der Waals surface area contributed by atoms with E-state index in [-0.39, 0.29) is 11.4 Å². The lowest BCUT2D eigenvalue weighted by Gasteiger charge is -2.02. The highest BCUT2D eigenvalue weighted by molar-refractivity contribution is 6.37. The lowest BCUT2D eigenvalue weighted by Crippen LogP contribution is -2.25. The number of rotatable bonds is 2. The van der Waals surface area contributed by atoms with Crippen molar-refractivity contribution in [1.82, 2.24) is 9.97 Å². The number of H-pyrrole nitrogens is 2. The molecule has 5 nitrogen and oxygen atoms in total. The number of benzene rings is 1. The van der Waals surface area contributed by atoms with Gasteiger partial charge in [0.2, 0.25) is 0 Å². The molecule has 2 rings (SSSR count). The summed E-state index contributed by atoms with van der Waals surface area (Å²) in [6.45, 7) is 0. The van der Waals surface area contributed by atoms with Gasteiger partial charge in [-0.05, 0) is 24.3 Å². The van der Waals surface area contributed by atoms with Crippen LogP contribution in [0.25, 0.3) is 12.2 Å².